The molecule has 2 N–H and O–H groups in total. The average molecular weight is 321 g/mol. The van der Waals surface area contributed by atoms with Crippen LogP contribution in [0.4, 0.5) is 0 Å². The van der Waals surface area contributed by atoms with E-state index in [0.29, 0.717) is 16.7 Å². The van der Waals surface area contributed by atoms with Gasteiger partial charge in [0.05, 0.1) is 17.9 Å². The van der Waals surface area contributed by atoms with Crippen molar-refractivity contribution in [2.24, 2.45) is 0 Å². The summed E-state index contributed by atoms with van der Waals surface area (Å²) in [4.78, 5) is 13.5. The predicted molar refractivity (Wildman–Crippen MR) is 86.2 cm³/mol. The van der Waals surface area contributed by atoms with Crippen LogP contribution >= 0.6 is 11.8 Å². The quantitative estimate of drug-likeness (QED) is 0.658. The van der Waals surface area contributed by atoms with Gasteiger partial charge in [-0.2, -0.15) is 0 Å². The highest BCUT2D eigenvalue weighted by molar-refractivity contribution is 8.00. The van der Waals surface area contributed by atoms with Gasteiger partial charge in [-0.05, 0) is 19.1 Å². The van der Waals surface area contributed by atoms with Crippen molar-refractivity contribution >= 4 is 17.7 Å². The highest BCUT2D eigenvalue weighted by Crippen LogP contribution is 2.30. The van der Waals surface area contributed by atoms with Crippen LogP contribution in [0.5, 0.6) is 5.75 Å². The molecule has 0 aliphatic rings. The number of aromatic nitrogens is 3. The Balaban J connectivity index is 2.28. The first kappa shape index (κ1) is 16.2. The molecule has 1 heterocycles. The molecule has 7 nitrogen and oxygen atoms in total. The van der Waals surface area contributed by atoms with Crippen molar-refractivity contribution in [3.8, 4) is 17.1 Å². The lowest BCUT2D eigenvalue weighted by atomic mass is 10.2. The summed E-state index contributed by atoms with van der Waals surface area (Å²) in [6, 6.07) is 7.43. The number of hydrogen-bond donors (Lipinski definition) is 1. The van der Waals surface area contributed by atoms with E-state index in [4.69, 9.17) is 10.6 Å². The summed E-state index contributed by atoms with van der Waals surface area (Å²) in [5.41, 5.74) is 0.749. The predicted octanol–water partition coefficient (Wildman–Crippen LogP) is 1.24. The zero-order valence-corrected chi connectivity index (χ0v) is 13.8. The molecule has 8 heteroatoms. The standard InChI is InChI=1S/C14H19N5O2S/c1-9(13(20)18(2)3)22-14-17-16-12(19(14)15)10-7-5-6-8-11(10)21-4/h5-9H,15H2,1-4H3. The normalized spacial score (nSPS) is 12.0. The monoisotopic (exact) mass is 321 g/mol. The van der Waals surface area contributed by atoms with Gasteiger partial charge in [0.25, 0.3) is 0 Å². The van der Waals surface area contributed by atoms with Crippen molar-refractivity contribution in [2.75, 3.05) is 27.0 Å². The Bertz CT molecular complexity index is 671. The van der Waals surface area contributed by atoms with E-state index in [0.717, 1.165) is 5.56 Å². The fourth-order valence-electron chi connectivity index (χ4n) is 1.94. The minimum absolute atomic E-state index is 0.00755. The van der Waals surface area contributed by atoms with Gasteiger partial charge in [-0.25, -0.2) is 4.68 Å². The molecule has 0 saturated carbocycles. The molecule has 1 amide bonds. The minimum Gasteiger partial charge on any atom is -0.496 e. The second-order valence-electron chi connectivity index (χ2n) is 4.87. The maximum Gasteiger partial charge on any atom is 0.235 e. The summed E-state index contributed by atoms with van der Waals surface area (Å²) in [5.74, 6) is 7.22. The van der Waals surface area contributed by atoms with Crippen LogP contribution in [0.25, 0.3) is 11.4 Å². The first-order chi connectivity index (χ1) is 10.5. The topological polar surface area (TPSA) is 86.3 Å². The molecule has 0 bridgehead atoms. The Hall–Kier alpha value is -2.22. The summed E-state index contributed by atoms with van der Waals surface area (Å²) >= 11 is 1.27. The third-order valence-corrected chi connectivity index (χ3v) is 4.13. The second kappa shape index (κ2) is 6.69. The molecule has 22 heavy (non-hydrogen) atoms. The molecule has 118 valence electrons. The van der Waals surface area contributed by atoms with E-state index in [1.165, 1.54) is 21.3 Å². The zero-order chi connectivity index (χ0) is 16.3. The highest BCUT2D eigenvalue weighted by atomic mass is 32.2. The fourth-order valence-corrected chi connectivity index (χ4v) is 2.86. The Kier molecular flexibility index (Phi) is 4.92. The molecular formula is C14H19N5O2S. The molecule has 0 saturated heterocycles. The van der Waals surface area contributed by atoms with Crippen molar-refractivity contribution in [3.05, 3.63) is 24.3 Å². The van der Waals surface area contributed by atoms with Crippen LogP contribution in [0.2, 0.25) is 0 Å². The van der Waals surface area contributed by atoms with Crippen molar-refractivity contribution in [2.45, 2.75) is 17.3 Å². The van der Waals surface area contributed by atoms with Crippen LogP contribution in [-0.4, -0.2) is 52.1 Å². The number of methoxy groups -OCH3 is 1. The molecule has 1 atom stereocenters. The number of hydrogen-bond acceptors (Lipinski definition) is 6. The van der Waals surface area contributed by atoms with Crippen LogP contribution in [0.1, 0.15) is 6.92 Å². The number of ether oxygens (including phenoxy) is 1. The van der Waals surface area contributed by atoms with Crippen molar-refractivity contribution in [1.82, 2.24) is 19.8 Å². The van der Waals surface area contributed by atoms with Crippen LogP contribution in [-0.2, 0) is 4.79 Å². The number of amides is 1. The summed E-state index contributed by atoms with van der Waals surface area (Å²) in [6.45, 7) is 1.81. The largest absolute Gasteiger partial charge is 0.496 e. The van der Waals surface area contributed by atoms with E-state index < -0.39 is 0 Å². The van der Waals surface area contributed by atoms with Crippen molar-refractivity contribution in [3.63, 3.8) is 0 Å². The Labute approximate surface area is 133 Å². The lowest BCUT2D eigenvalue weighted by Crippen LogP contribution is -2.30. The summed E-state index contributed by atoms with van der Waals surface area (Å²) in [5, 5.41) is 8.36. The Morgan fingerprint density at radius 3 is 2.68 bits per heavy atom. The number of nitrogens with two attached hydrogens (primary N) is 1. The second-order valence-corrected chi connectivity index (χ2v) is 6.18. The molecule has 2 rings (SSSR count). The van der Waals surface area contributed by atoms with E-state index in [-0.39, 0.29) is 11.2 Å². The molecule has 0 aliphatic heterocycles. The van der Waals surface area contributed by atoms with Gasteiger partial charge in [-0.15, -0.1) is 10.2 Å². The van der Waals surface area contributed by atoms with Gasteiger partial charge < -0.3 is 15.5 Å². The van der Waals surface area contributed by atoms with E-state index in [1.807, 2.05) is 31.2 Å². The molecule has 0 radical (unpaired) electrons. The smallest absolute Gasteiger partial charge is 0.235 e. The number of nitrogens with zero attached hydrogens (tertiary/aromatic N) is 4. The maximum absolute atomic E-state index is 11.9. The number of para-hydroxylation sites is 1. The molecule has 1 aromatic heterocycles. The lowest BCUT2D eigenvalue weighted by Gasteiger charge is -2.15. The SMILES string of the molecule is COc1ccccc1-c1nnc(SC(C)C(=O)N(C)C)n1N. The third kappa shape index (κ3) is 3.16. The van der Waals surface area contributed by atoms with Gasteiger partial charge in [0.2, 0.25) is 11.1 Å². The van der Waals surface area contributed by atoms with Gasteiger partial charge in [0, 0.05) is 14.1 Å². The van der Waals surface area contributed by atoms with Crippen LogP contribution in [0.15, 0.2) is 29.4 Å². The molecule has 2 aromatic rings. The van der Waals surface area contributed by atoms with Gasteiger partial charge in [-0.1, -0.05) is 23.9 Å². The van der Waals surface area contributed by atoms with E-state index in [9.17, 15) is 4.79 Å². The summed E-state index contributed by atoms with van der Waals surface area (Å²) in [7, 11) is 5.02. The highest BCUT2D eigenvalue weighted by Gasteiger charge is 2.21. The maximum atomic E-state index is 11.9. The number of carbonyl (C=O) groups excluding carboxylic acids is 1. The third-order valence-electron chi connectivity index (χ3n) is 3.08. The van der Waals surface area contributed by atoms with Gasteiger partial charge in [0.15, 0.2) is 5.82 Å². The van der Waals surface area contributed by atoms with E-state index >= 15 is 0 Å². The molecule has 0 aliphatic carbocycles. The van der Waals surface area contributed by atoms with Crippen LogP contribution in [0.3, 0.4) is 0 Å². The summed E-state index contributed by atoms with van der Waals surface area (Å²) < 4.78 is 6.69. The Morgan fingerprint density at radius 2 is 2.05 bits per heavy atom. The average Bonchev–Trinajstić information content (AvgIpc) is 2.87. The van der Waals surface area contributed by atoms with E-state index in [1.54, 1.807) is 21.2 Å². The molecule has 1 unspecified atom stereocenters. The number of rotatable bonds is 5. The summed E-state index contributed by atoms with van der Waals surface area (Å²) in [6.07, 6.45) is 0. The zero-order valence-electron chi connectivity index (χ0n) is 13.0. The van der Waals surface area contributed by atoms with Gasteiger partial charge >= 0.3 is 0 Å². The number of thioether (sulfide) groups is 1. The minimum atomic E-state index is -0.299. The van der Waals surface area contributed by atoms with Crippen molar-refractivity contribution in [1.29, 1.82) is 0 Å². The van der Waals surface area contributed by atoms with Gasteiger partial charge in [-0.3, -0.25) is 4.79 Å². The number of carbonyl (C=O) groups is 1. The van der Waals surface area contributed by atoms with Gasteiger partial charge in [0.1, 0.15) is 5.75 Å². The van der Waals surface area contributed by atoms with Crippen LogP contribution in [0, 0.1) is 0 Å². The van der Waals surface area contributed by atoms with E-state index in [2.05, 4.69) is 10.2 Å². The fraction of sp³-hybridized carbons (Fsp3) is 0.357. The molecule has 0 fully saturated rings. The molecule has 1 aromatic carbocycles. The number of nitrogen functional groups attached to an aromatic ring is 1. The molecule has 0 spiro atoms. The lowest BCUT2D eigenvalue weighted by molar-refractivity contribution is -0.127. The number of benzene rings is 1. The van der Waals surface area contributed by atoms with Crippen molar-refractivity contribution < 1.29 is 9.53 Å². The van der Waals surface area contributed by atoms with Crippen LogP contribution < -0.4 is 10.6 Å². The molecular weight excluding hydrogens is 302 g/mol. The Morgan fingerprint density at radius 1 is 1.36 bits per heavy atom. The first-order valence-corrected chi connectivity index (χ1v) is 7.55. The first-order valence-electron chi connectivity index (χ1n) is 6.67.